The van der Waals surface area contributed by atoms with Gasteiger partial charge in [-0.25, -0.2) is 0 Å². The minimum absolute atomic E-state index is 0.318. The van der Waals surface area contributed by atoms with Gasteiger partial charge in [0.1, 0.15) is 5.75 Å². The standard InChI is InChI=1S/C22H13IO/c23-22-12-14(24)11-21-19-8-7-16-15-4-2-1-3-13(15)5-6-17(16)18(19)9-10-20(21)22/h1-12,24H. The number of phenols is 1. The van der Waals surface area contributed by atoms with Crippen LogP contribution in [0.4, 0.5) is 0 Å². The van der Waals surface area contributed by atoms with Crippen molar-refractivity contribution in [3.8, 4) is 5.75 Å². The first kappa shape index (κ1) is 14.1. The van der Waals surface area contributed by atoms with Gasteiger partial charge in [-0.1, -0.05) is 60.7 Å². The number of aromatic hydroxyl groups is 1. The SMILES string of the molecule is Oc1cc(I)c2ccc3c(ccc4c5ccccc5ccc43)c2c1. The van der Waals surface area contributed by atoms with Gasteiger partial charge in [0.25, 0.3) is 0 Å². The Morgan fingerprint density at radius 2 is 1.12 bits per heavy atom. The van der Waals surface area contributed by atoms with Gasteiger partial charge < -0.3 is 5.11 Å². The van der Waals surface area contributed by atoms with Crippen LogP contribution in [0.2, 0.25) is 0 Å². The van der Waals surface area contributed by atoms with E-state index in [9.17, 15) is 5.11 Å². The molecule has 5 rings (SSSR count). The molecular formula is C22H13IO. The number of fused-ring (bicyclic) bond motifs is 7. The molecule has 0 aliphatic heterocycles. The zero-order valence-corrected chi connectivity index (χ0v) is 14.9. The van der Waals surface area contributed by atoms with Crippen LogP contribution in [0, 0.1) is 3.57 Å². The first-order valence-electron chi connectivity index (χ1n) is 7.88. The largest absolute Gasteiger partial charge is 0.508 e. The summed E-state index contributed by atoms with van der Waals surface area (Å²) in [6.07, 6.45) is 0. The first-order valence-corrected chi connectivity index (χ1v) is 8.96. The maximum absolute atomic E-state index is 10.0. The van der Waals surface area contributed by atoms with E-state index in [0.29, 0.717) is 5.75 Å². The molecular weight excluding hydrogens is 407 g/mol. The number of benzene rings is 5. The molecule has 24 heavy (non-hydrogen) atoms. The second-order valence-electron chi connectivity index (χ2n) is 6.13. The maximum Gasteiger partial charge on any atom is 0.117 e. The minimum atomic E-state index is 0.318. The zero-order valence-electron chi connectivity index (χ0n) is 12.8. The summed E-state index contributed by atoms with van der Waals surface area (Å²) in [6.45, 7) is 0. The number of hydrogen-bond donors (Lipinski definition) is 1. The van der Waals surface area contributed by atoms with E-state index >= 15 is 0 Å². The van der Waals surface area contributed by atoms with E-state index in [1.807, 2.05) is 12.1 Å². The van der Waals surface area contributed by atoms with Crippen molar-refractivity contribution in [2.75, 3.05) is 0 Å². The van der Waals surface area contributed by atoms with Gasteiger partial charge in [0, 0.05) is 3.57 Å². The number of hydrogen-bond acceptors (Lipinski definition) is 1. The average molecular weight is 420 g/mol. The van der Waals surface area contributed by atoms with Crippen molar-refractivity contribution in [2.24, 2.45) is 0 Å². The fourth-order valence-electron chi connectivity index (χ4n) is 3.69. The Morgan fingerprint density at radius 3 is 1.92 bits per heavy atom. The summed E-state index contributed by atoms with van der Waals surface area (Å²) in [5, 5.41) is 19.8. The highest BCUT2D eigenvalue weighted by Crippen LogP contribution is 2.37. The van der Waals surface area contributed by atoms with Crippen LogP contribution in [0.1, 0.15) is 0 Å². The summed E-state index contributed by atoms with van der Waals surface area (Å²) in [7, 11) is 0. The van der Waals surface area contributed by atoms with Crippen molar-refractivity contribution in [3.63, 3.8) is 0 Å². The Labute approximate surface area is 152 Å². The van der Waals surface area contributed by atoms with Gasteiger partial charge in [-0.2, -0.15) is 0 Å². The van der Waals surface area contributed by atoms with E-state index in [1.54, 1.807) is 0 Å². The lowest BCUT2D eigenvalue weighted by Gasteiger charge is -2.11. The quantitative estimate of drug-likeness (QED) is 0.221. The second kappa shape index (κ2) is 5.08. The van der Waals surface area contributed by atoms with Crippen molar-refractivity contribution in [1.29, 1.82) is 0 Å². The number of rotatable bonds is 0. The molecule has 0 aliphatic carbocycles. The van der Waals surface area contributed by atoms with Crippen molar-refractivity contribution in [2.45, 2.75) is 0 Å². The van der Waals surface area contributed by atoms with E-state index in [2.05, 4.69) is 83.3 Å². The van der Waals surface area contributed by atoms with E-state index in [-0.39, 0.29) is 0 Å². The highest BCUT2D eigenvalue weighted by Gasteiger charge is 2.09. The third-order valence-corrected chi connectivity index (χ3v) is 5.68. The summed E-state index contributed by atoms with van der Waals surface area (Å²) in [4.78, 5) is 0. The van der Waals surface area contributed by atoms with Crippen molar-refractivity contribution >= 4 is 65.7 Å². The lowest BCUT2D eigenvalue weighted by atomic mass is 9.94. The molecule has 0 aromatic heterocycles. The topological polar surface area (TPSA) is 20.2 Å². The monoisotopic (exact) mass is 420 g/mol. The normalized spacial score (nSPS) is 11.7. The maximum atomic E-state index is 10.0. The molecule has 114 valence electrons. The molecule has 0 unspecified atom stereocenters. The Bertz CT molecular complexity index is 1270. The van der Waals surface area contributed by atoms with Crippen LogP contribution in [-0.4, -0.2) is 5.11 Å². The third kappa shape index (κ3) is 1.93. The van der Waals surface area contributed by atoms with Crippen LogP contribution < -0.4 is 0 Å². The molecule has 0 spiro atoms. The van der Waals surface area contributed by atoms with Gasteiger partial charge in [-0.3, -0.25) is 0 Å². The minimum Gasteiger partial charge on any atom is -0.508 e. The summed E-state index contributed by atoms with van der Waals surface area (Å²) >= 11 is 2.29. The Balaban J connectivity index is 2.02. The van der Waals surface area contributed by atoms with E-state index in [1.165, 1.54) is 37.7 Å². The lowest BCUT2D eigenvalue weighted by Crippen LogP contribution is -1.84. The molecule has 0 amide bonds. The van der Waals surface area contributed by atoms with E-state index in [0.717, 1.165) is 8.96 Å². The van der Waals surface area contributed by atoms with Crippen LogP contribution >= 0.6 is 22.6 Å². The Morgan fingerprint density at radius 1 is 0.542 bits per heavy atom. The van der Waals surface area contributed by atoms with Crippen LogP contribution in [-0.2, 0) is 0 Å². The molecule has 5 aromatic rings. The van der Waals surface area contributed by atoms with Crippen LogP contribution in [0.25, 0.3) is 43.1 Å². The predicted molar refractivity (Wildman–Crippen MR) is 111 cm³/mol. The highest BCUT2D eigenvalue weighted by atomic mass is 127. The Hall–Kier alpha value is -2.33. The molecule has 0 aliphatic rings. The smallest absolute Gasteiger partial charge is 0.117 e. The lowest BCUT2D eigenvalue weighted by molar-refractivity contribution is 0.476. The molecule has 0 bridgehead atoms. The van der Waals surface area contributed by atoms with Crippen molar-refractivity contribution in [1.82, 2.24) is 0 Å². The second-order valence-corrected chi connectivity index (χ2v) is 7.29. The summed E-state index contributed by atoms with van der Waals surface area (Å²) in [6, 6.07) is 25.3. The van der Waals surface area contributed by atoms with Gasteiger partial charge in [0.05, 0.1) is 0 Å². The molecule has 2 heteroatoms. The van der Waals surface area contributed by atoms with Gasteiger partial charge in [0.15, 0.2) is 0 Å². The molecule has 0 fully saturated rings. The Kier molecular flexibility index (Phi) is 2.98. The van der Waals surface area contributed by atoms with Crippen LogP contribution in [0.3, 0.4) is 0 Å². The number of halogens is 1. The van der Waals surface area contributed by atoms with Crippen LogP contribution in [0.5, 0.6) is 5.75 Å². The molecule has 5 aromatic carbocycles. The van der Waals surface area contributed by atoms with Gasteiger partial charge in [-0.15, -0.1) is 0 Å². The van der Waals surface area contributed by atoms with E-state index < -0.39 is 0 Å². The predicted octanol–water partition coefficient (Wildman–Crippen LogP) is 6.61. The molecule has 0 saturated carbocycles. The first-order chi connectivity index (χ1) is 11.7. The number of phenolic OH excluding ortho intramolecular Hbond substituents is 1. The fraction of sp³-hybridized carbons (Fsp3) is 0. The van der Waals surface area contributed by atoms with E-state index in [4.69, 9.17) is 0 Å². The molecule has 0 heterocycles. The zero-order chi connectivity index (χ0) is 16.3. The van der Waals surface area contributed by atoms with Gasteiger partial charge >= 0.3 is 0 Å². The summed E-state index contributed by atoms with van der Waals surface area (Å²) in [5.41, 5.74) is 0. The fourth-order valence-corrected chi connectivity index (χ4v) is 4.48. The molecule has 1 nitrogen and oxygen atoms in total. The van der Waals surface area contributed by atoms with Crippen LogP contribution in [0.15, 0.2) is 72.8 Å². The average Bonchev–Trinajstić information content (AvgIpc) is 2.60. The summed E-state index contributed by atoms with van der Waals surface area (Å²) < 4.78 is 1.07. The van der Waals surface area contributed by atoms with Gasteiger partial charge in [-0.05, 0) is 77.8 Å². The molecule has 0 radical (unpaired) electrons. The molecule has 0 saturated heterocycles. The molecule has 0 atom stereocenters. The van der Waals surface area contributed by atoms with Gasteiger partial charge in [0.2, 0.25) is 0 Å². The third-order valence-electron chi connectivity index (χ3n) is 4.79. The highest BCUT2D eigenvalue weighted by molar-refractivity contribution is 14.1. The molecule has 1 N–H and O–H groups in total. The van der Waals surface area contributed by atoms with Crippen molar-refractivity contribution in [3.05, 3.63) is 76.4 Å². The summed E-state index contributed by atoms with van der Waals surface area (Å²) in [5.74, 6) is 0.318. The van der Waals surface area contributed by atoms with Crippen molar-refractivity contribution < 1.29 is 5.11 Å².